The normalized spacial score (nSPS) is 35.5. The Morgan fingerprint density at radius 3 is 2.45 bits per heavy atom. The third kappa shape index (κ3) is 1.15. The van der Waals surface area contributed by atoms with Crippen LogP contribution < -0.4 is 5.32 Å². The maximum absolute atomic E-state index is 11.1. The van der Waals surface area contributed by atoms with Crippen LogP contribution in [0.2, 0.25) is 0 Å². The van der Waals surface area contributed by atoms with E-state index in [2.05, 4.69) is 19.2 Å². The molecule has 1 N–H and O–H groups in total. The summed E-state index contributed by atoms with van der Waals surface area (Å²) in [4.78, 5) is 11.1. The lowest BCUT2D eigenvalue weighted by atomic mass is 9.85. The molecular formula is C9H15NO. The molecule has 1 unspecified atom stereocenters. The minimum atomic E-state index is 0.0677. The maximum Gasteiger partial charge on any atom is 0.220 e. The zero-order valence-corrected chi connectivity index (χ0v) is 7.18. The molecule has 2 aliphatic rings. The fraction of sp³-hybridized carbons (Fsp3) is 0.889. The van der Waals surface area contributed by atoms with Gasteiger partial charge in [0.1, 0.15) is 0 Å². The number of amides is 1. The first kappa shape index (κ1) is 7.14. The molecule has 0 aromatic carbocycles. The molecular weight excluding hydrogens is 138 g/mol. The highest BCUT2D eigenvalue weighted by atomic mass is 16.2. The van der Waals surface area contributed by atoms with Crippen LogP contribution in [0.1, 0.15) is 33.1 Å². The van der Waals surface area contributed by atoms with Crippen molar-refractivity contribution in [1.29, 1.82) is 0 Å². The van der Waals surface area contributed by atoms with Crippen molar-refractivity contribution in [1.82, 2.24) is 5.32 Å². The number of hydrogen-bond acceptors (Lipinski definition) is 1. The van der Waals surface area contributed by atoms with Gasteiger partial charge in [-0.15, -0.1) is 0 Å². The Kier molecular flexibility index (Phi) is 1.29. The molecule has 0 spiro atoms. The quantitative estimate of drug-likeness (QED) is 0.604. The highest BCUT2D eigenvalue weighted by Gasteiger charge is 2.46. The topological polar surface area (TPSA) is 29.1 Å². The molecule has 2 fully saturated rings. The first-order valence-corrected chi connectivity index (χ1v) is 4.40. The molecule has 2 rings (SSSR count). The Labute approximate surface area is 67.4 Å². The zero-order valence-electron chi connectivity index (χ0n) is 7.18. The molecule has 1 atom stereocenters. The molecule has 11 heavy (non-hydrogen) atoms. The van der Waals surface area contributed by atoms with Gasteiger partial charge >= 0.3 is 0 Å². The van der Waals surface area contributed by atoms with Crippen LogP contribution in [-0.2, 0) is 4.79 Å². The minimum absolute atomic E-state index is 0.0677. The molecule has 2 nitrogen and oxygen atoms in total. The van der Waals surface area contributed by atoms with Crippen molar-refractivity contribution in [2.75, 3.05) is 0 Å². The van der Waals surface area contributed by atoms with Crippen LogP contribution >= 0.6 is 0 Å². The minimum Gasteiger partial charge on any atom is -0.351 e. The SMILES string of the molecule is CC1(C)NC(=O)CC1C1CC1. The standard InChI is InChI=1S/C9H15NO/c1-9(2)7(6-3-4-6)5-8(11)10-9/h6-7H,3-5H2,1-2H3,(H,10,11). The van der Waals surface area contributed by atoms with Gasteiger partial charge < -0.3 is 5.32 Å². The summed E-state index contributed by atoms with van der Waals surface area (Å²) in [6.45, 7) is 4.28. The van der Waals surface area contributed by atoms with Gasteiger partial charge in [-0.1, -0.05) is 0 Å². The highest BCUT2D eigenvalue weighted by Crippen LogP contribution is 2.45. The lowest BCUT2D eigenvalue weighted by Crippen LogP contribution is -2.40. The van der Waals surface area contributed by atoms with Gasteiger partial charge in [-0.05, 0) is 38.5 Å². The van der Waals surface area contributed by atoms with Crippen LogP contribution in [0.15, 0.2) is 0 Å². The molecule has 1 saturated heterocycles. The van der Waals surface area contributed by atoms with Gasteiger partial charge in [0.2, 0.25) is 5.91 Å². The number of carbonyl (C=O) groups is 1. The Hall–Kier alpha value is -0.530. The van der Waals surface area contributed by atoms with Crippen LogP contribution in [0, 0.1) is 11.8 Å². The van der Waals surface area contributed by atoms with Crippen molar-refractivity contribution < 1.29 is 4.79 Å². The number of carbonyl (C=O) groups excluding carboxylic acids is 1. The molecule has 0 aromatic rings. The van der Waals surface area contributed by atoms with E-state index >= 15 is 0 Å². The van der Waals surface area contributed by atoms with Gasteiger partial charge in [-0.2, -0.15) is 0 Å². The lowest BCUT2D eigenvalue weighted by Gasteiger charge is -2.25. The summed E-state index contributed by atoms with van der Waals surface area (Å²) in [5, 5.41) is 3.03. The first-order valence-electron chi connectivity index (χ1n) is 4.40. The number of rotatable bonds is 1. The van der Waals surface area contributed by atoms with Gasteiger partial charge in [-0.3, -0.25) is 4.79 Å². The monoisotopic (exact) mass is 153 g/mol. The van der Waals surface area contributed by atoms with Crippen molar-refractivity contribution in [2.24, 2.45) is 11.8 Å². The van der Waals surface area contributed by atoms with E-state index in [1.54, 1.807) is 0 Å². The summed E-state index contributed by atoms with van der Waals surface area (Å²) in [6.07, 6.45) is 3.43. The summed E-state index contributed by atoms with van der Waals surface area (Å²) in [5.41, 5.74) is 0.0677. The van der Waals surface area contributed by atoms with Crippen LogP contribution in [0.3, 0.4) is 0 Å². The third-order valence-electron chi connectivity index (χ3n) is 2.98. The van der Waals surface area contributed by atoms with Gasteiger partial charge in [0.15, 0.2) is 0 Å². The Balaban J connectivity index is 2.13. The maximum atomic E-state index is 11.1. The zero-order chi connectivity index (χ0) is 8.06. The van der Waals surface area contributed by atoms with Crippen LogP contribution in [0.25, 0.3) is 0 Å². The molecule has 1 aliphatic carbocycles. The van der Waals surface area contributed by atoms with E-state index in [9.17, 15) is 4.79 Å². The smallest absolute Gasteiger partial charge is 0.220 e. The predicted molar refractivity (Wildman–Crippen MR) is 43.1 cm³/mol. The molecule has 2 heteroatoms. The van der Waals surface area contributed by atoms with Crippen molar-refractivity contribution in [3.8, 4) is 0 Å². The second-order valence-electron chi connectivity index (χ2n) is 4.42. The molecule has 1 heterocycles. The number of nitrogens with one attached hydrogen (secondary N) is 1. The Bertz CT molecular complexity index is 194. The molecule has 0 bridgehead atoms. The van der Waals surface area contributed by atoms with Gasteiger partial charge in [0.05, 0.1) is 0 Å². The molecule has 0 aromatic heterocycles. The van der Waals surface area contributed by atoms with Gasteiger partial charge in [0, 0.05) is 12.0 Å². The molecule has 1 saturated carbocycles. The van der Waals surface area contributed by atoms with E-state index in [-0.39, 0.29) is 11.4 Å². The van der Waals surface area contributed by atoms with Crippen molar-refractivity contribution in [3.63, 3.8) is 0 Å². The van der Waals surface area contributed by atoms with Crippen LogP contribution in [0.5, 0.6) is 0 Å². The molecule has 0 radical (unpaired) electrons. The first-order chi connectivity index (χ1) is 5.09. The van der Waals surface area contributed by atoms with Gasteiger partial charge in [0.25, 0.3) is 0 Å². The van der Waals surface area contributed by atoms with Crippen LogP contribution in [-0.4, -0.2) is 11.4 Å². The summed E-state index contributed by atoms with van der Waals surface area (Å²) >= 11 is 0. The predicted octanol–water partition coefficient (Wildman–Crippen LogP) is 1.31. The summed E-state index contributed by atoms with van der Waals surface area (Å²) in [6, 6.07) is 0. The van der Waals surface area contributed by atoms with E-state index in [0.29, 0.717) is 5.92 Å². The van der Waals surface area contributed by atoms with E-state index < -0.39 is 0 Å². The van der Waals surface area contributed by atoms with Crippen molar-refractivity contribution in [3.05, 3.63) is 0 Å². The van der Waals surface area contributed by atoms with E-state index in [1.165, 1.54) is 12.8 Å². The third-order valence-corrected chi connectivity index (χ3v) is 2.98. The fourth-order valence-corrected chi connectivity index (χ4v) is 2.21. The summed E-state index contributed by atoms with van der Waals surface area (Å²) < 4.78 is 0. The van der Waals surface area contributed by atoms with Gasteiger partial charge in [-0.25, -0.2) is 0 Å². The fourth-order valence-electron chi connectivity index (χ4n) is 2.21. The Morgan fingerprint density at radius 1 is 1.45 bits per heavy atom. The average molecular weight is 153 g/mol. The molecule has 62 valence electrons. The van der Waals surface area contributed by atoms with E-state index in [0.717, 1.165) is 12.3 Å². The Morgan fingerprint density at radius 2 is 2.09 bits per heavy atom. The van der Waals surface area contributed by atoms with Crippen molar-refractivity contribution in [2.45, 2.75) is 38.6 Å². The second-order valence-corrected chi connectivity index (χ2v) is 4.42. The van der Waals surface area contributed by atoms with E-state index in [4.69, 9.17) is 0 Å². The summed E-state index contributed by atoms with van der Waals surface area (Å²) in [5.74, 6) is 1.69. The van der Waals surface area contributed by atoms with E-state index in [1.807, 2.05) is 0 Å². The largest absolute Gasteiger partial charge is 0.351 e. The summed E-state index contributed by atoms with van der Waals surface area (Å²) in [7, 11) is 0. The molecule has 1 amide bonds. The number of hydrogen-bond donors (Lipinski definition) is 1. The van der Waals surface area contributed by atoms with Crippen LogP contribution in [0.4, 0.5) is 0 Å². The molecule has 1 aliphatic heterocycles. The lowest BCUT2D eigenvalue weighted by molar-refractivity contribution is -0.119. The average Bonchev–Trinajstić information content (AvgIpc) is 2.59. The van der Waals surface area contributed by atoms with Crippen molar-refractivity contribution >= 4 is 5.91 Å². The second kappa shape index (κ2) is 1.99. The highest BCUT2D eigenvalue weighted by molar-refractivity contribution is 5.80.